The Kier molecular flexibility index (Phi) is 10.8. The summed E-state index contributed by atoms with van der Waals surface area (Å²) >= 11 is 0. The quantitative estimate of drug-likeness (QED) is 0.160. The molecular formula is C86H59N5. The van der Waals surface area contributed by atoms with E-state index >= 15 is 0 Å². The van der Waals surface area contributed by atoms with Gasteiger partial charge in [-0.1, -0.05) is 198 Å². The van der Waals surface area contributed by atoms with Crippen LogP contribution in [0.25, 0.3) is 161 Å². The van der Waals surface area contributed by atoms with E-state index in [4.69, 9.17) is 9.97 Å². The second kappa shape index (κ2) is 19.1. The maximum absolute atomic E-state index is 5.24. The first kappa shape index (κ1) is 51.6. The maximum Gasteiger partial charge on any atom is 0.160 e. The molecule has 0 radical (unpaired) electrons. The second-order valence-corrected chi connectivity index (χ2v) is 26.1. The molecule has 0 atom stereocenters. The minimum absolute atomic E-state index is 0.106. The van der Waals surface area contributed by atoms with Gasteiger partial charge in [0.25, 0.3) is 0 Å². The van der Waals surface area contributed by atoms with Crippen LogP contribution in [0.1, 0.15) is 49.9 Å². The average Bonchev–Trinajstić information content (AvgIpc) is 1.62. The molecule has 4 aromatic heterocycles. The summed E-state index contributed by atoms with van der Waals surface area (Å²) in [4.78, 5) is 10.4. The van der Waals surface area contributed by atoms with Gasteiger partial charge < -0.3 is 13.7 Å². The van der Waals surface area contributed by atoms with Crippen LogP contribution in [0.5, 0.6) is 0 Å². The van der Waals surface area contributed by atoms with Crippen molar-refractivity contribution in [1.82, 2.24) is 23.7 Å². The van der Waals surface area contributed by atoms with Gasteiger partial charge in [0.2, 0.25) is 0 Å². The van der Waals surface area contributed by atoms with Crippen molar-refractivity contribution in [1.29, 1.82) is 0 Å². The Labute approximate surface area is 527 Å². The van der Waals surface area contributed by atoms with E-state index in [1.54, 1.807) is 0 Å². The van der Waals surface area contributed by atoms with Gasteiger partial charge in [0, 0.05) is 76.7 Å². The van der Waals surface area contributed by atoms with E-state index in [-0.39, 0.29) is 10.8 Å². The van der Waals surface area contributed by atoms with Crippen molar-refractivity contribution in [2.75, 3.05) is 0 Å². The number of benzene rings is 13. The number of hydrogen-bond donors (Lipinski definition) is 0. The molecule has 0 bridgehead atoms. The summed E-state index contributed by atoms with van der Waals surface area (Å²) in [6, 6.07) is 106. The minimum Gasteiger partial charge on any atom is -0.309 e. The second-order valence-electron chi connectivity index (χ2n) is 26.1. The van der Waals surface area contributed by atoms with Gasteiger partial charge in [0.15, 0.2) is 5.82 Å². The molecule has 0 saturated heterocycles. The van der Waals surface area contributed by atoms with Gasteiger partial charge in [-0.05, 0) is 182 Å². The van der Waals surface area contributed by atoms with Crippen LogP contribution in [0.3, 0.4) is 0 Å². The standard InChI is InChI=1S/C86H59N5/c1-85(2)72-25-13-8-20-61(72)63-40-38-59(50-74(63)85)90-77-28-16-11-22-65(77)68-46-54(32-42-79(68)90)56-34-44-81-70(48-56)71-49-57(35-45-82(71)89(81)58-36-30-53(31-37-58)84-87-76-27-15-10-24-67(76)83(88-84)52-18-6-5-7-19-52)55-33-43-80-69(47-55)66-23-12-17-29-78(66)91(80)60-39-41-64-62-21-9-14-26-73(62)86(3,4)75(64)51-60/h5-51H,1-4H3. The Bertz CT molecular complexity index is 5670. The molecule has 5 heteroatoms. The minimum atomic E-state index is -0.106. The zero-order chi connectivity index (χ0) is 60.4. The lowest BCUT2D eigenvalue weighted by Gasteiger charge is -2.22. The summed E-state index contributed by atoms with van der Waals surface area (Å²) in [5.74, 6) is 0.699. The monoisotopic (exact) mass is 1160 g/mol. The normalized spacial score (nSPS) is 13.7. The fourth-order valence-electron chi connectivity index (χ4n) is 16.0. The first-order valence-electron chi connectivity index (χ1n) is 31.7. The molecule has 0 aliphatic heterocycles. The number of fused-ring (bicyclic) bond motifs is 16. The van der Waals surface area contributed by atoms with Crippen LogP contribution in [-0.4, -0.2) is 23.7 Å². The summed E-state index contributed by atoms with van der Waals surface area (Å²) in [6.45, 7) is 9.46. The number of nitrogens with zero attached hydrogens (tertiary/aromatic N) is 5. The van der Waals surface area contributed by atoms with Gasteiger partial charge in [-0.15, -0.1) is 0 Å². The fourth-order valence-corrected chi connectivity index (χ4v) is 16.0. The molecule has 0 unspecified atom stereocenters. The molecule has 19 rings (SSSR count). The van der Waals surface area contributed by atoms with E-state index in [0.717, 1.165) is 44.4 Å². The lowest BCUT2D eigenvalue weighted by molar-refractivity contribution is 0.660. The van der Waals surface area contributed by atoms with Crippen LogP contribution in [0.2, 0.25) is 0 Å². The van der Waals surface area contributed by atoms with E-state index in [0.29, 0.717) is 5.82 Å². The molecular weight excluding hydrogens is 1100 g/mol. The molecule has 91 heavy (non-hydrogen) atoms. The predicted molar refractivity (Wildman–Crippen MR) is 379 cm³/mol. The third kappa shape index (κ3) is 7.52. The zero-order valence-corrected chi connectivity index (χ0v) is 50.9. The lowest BCUT2D eigenvalue weighted by atomic mass is 9.82. The Balaban J connectivity index is 0.759. The Morgan fingerprint density at radius 1 is 0.242 bits per heavy atom. The number of para-hydroxylation sites is 3. The van der Waals surface area contributed by atoms with Crippen molar-refractivity contribution in [3.63, 3.8) is 0 Å². The van der Waals surface area contributed by atoms with Crippen molar-refractivity contribution in [2.45, 2.75) is 38.5 Å². The molecule has 0 N–H and O–H groups in total. The smallest absolute Gasteiger partial charge is 0.160 e. The molecule has 2 aliphatic carbocycles. The third-order valence-corrected chi connectivity index (χ3v) is 20.5. The highest BCUT2D eigenvalue weighted by molar-refractivity contribution is 6.15. The highest BCUT2D eigenvalue weighted by Crippen LogP contribution is 2.52. The Hall–Kier alpha value is -11.4. The predicted octanol–water partition coefficient (Wildman–Crippen LogP) is 22.2. The van der Waals surface area contributed by atoms with Crippen molar-refractivity contribution >= 4 is 76.3 Å². The van der Waals surface area contributed by atoms with E-state index in [1.165, 1.54) is 133 Å². The molecule has 17 aromatic rings. The number of hydrogen-bond acceptors (Lipinski definition) is 2. The molecule has 0 fully saturated rings. The molecule has 428 valence electrons. The van der Waals surface area contributed by atoms with Crippen LogP contribution in [0.15, 0.2) is 285 Å². The highest BCUT2D eigenvalue weighted by Gasteiger charge is 2.37. The molecule has 0 amide bonds. The molecule has 0 spiro atoms. The van der Waals surface area contributed by atoms with E-state index < -0.39 is 0 Å². The Morgan fingerprint density at radius 3 is 1.10 bits per heavy atom. The van der Waals surface area contributed by atoms with E-state index in [1.807, 2.05) is 6.07 Å². The molecule has 0 saturated carbocycles. The van der Waals surface area contributed by atoms with Crippen molar-refractivity contribution in [2.24, 2.45) is 0 Å². The van der Waals surface area contributed by atoms with Gasteiger partial charge in [-0.2, -0.15) is 0 Å². The highest BCUT2D eigenvalue weighted by atomic mass is 15.0. The van der Waals surface area contributed by atoms with Crippen LogP contribution < -0.4 is 0 Å². The van der Waals surface area contributed by atoms with Gasteiger partial charge in [0.1, 0.15) is 0 Å². The summed E-state index contributed by atoms with van der Waals surface area (Å²) in [5.41, 5.74) is 29.7. The summed E-state index contributed by atoms with van der Waals surface area (Å²) in [5, 5.41) is 8.35. The number of aromatic nitrogens is 5. The van der Waals surface area contributed by atoms with Gasteiger partial charge >= 0.3 is 0 Å². The summed E-state index contributed by atoms with van der Waals surface area (Å²) in [7, 11) is 0. The maximum atomic E-state index is 5.24. The van der Waals surface area contributed by atoms with Crippen molar-refractivity contribution < 1.29 is 0 Å². The molecule has 13 aromatic carbocycles. The summed E-state index contributed by atoms with van der Waals surface area (Å²) in [6.07, 6.45) is 0. The van der Waals surface area contributed by atoms with E-state index in [9.17, 15) is 0 Å². The van der Waals surface area contributed by atoms with Gasteiger partial charge in [0.05, 0.1) is 44.3 Å². The van der Waals surface area contributed by atoms with Crippen LogP contribution >= 0.6 is 0 Å². The first-order valence-corrected chi connectivity index (χ1v) is 31.7. The molecule has 5 nitrogen and oxygen atoms in total. The lowest BCUT2D eigenvalue weighted by Crippen LogP contribution is -2.15. The first-order chi connectivity index (χ1) is 44.6. The Morgan fingerprint density at radius 2 is 0.604 bits per heavy atom. The van der Waals surface area contributed by atoms with Crippen molar-refractivity contribution in [3.8, 4) is 84.2 Å². The number of rotatable bonds is 7. The third-order valence-electron chi connectivity index (χ3n) is 20.5. The molecule has 2 aliphatic rings. The average molecular weight is 1160 g/mol. The summed E-state index contributed by atoms with van der Waals surface area (Å²) < 4.78 is 7.36. The van der Waals surface area contributed by atoms with Gasteiger partial charge in [-0.25, -0.2) is 9.97 Å². The van der Waals surface area contributed by atoms with Crippen LogP contribution in [-0.2, 0) is 10.8 Å². The van der Waals surface area contributed by atoms with Crippen molar-refractivity contribution in [3.05, 3.63) is 307 Å². The van der Waals surface area contributed by atoms with Gasteiger partial charge in [-0.3, -0.25) is 0 Å². The molecule has 4 heterocycles. The fraction of sp³-hybridized carbons (Fsp3) is 0.0698. The SMILES string of the molecule is CC1(C)c2ccccc2-c2ccc(-n3c4ccccc4c4cc(-c5ccc6c(c5)c5cc(-c7ccc8c(c7)c7ccccc7n8-c7ccc8c(c7)C(C)(C)c7ccccc7-8)ccc5n6-c5ccc(-c6nc(-c7ccccc7)c7ccccc7n6)cc5)ccc43)cc21. The zero-order valence-electron chi connectivity index (χ0n) is 50.9. The van der Waals surface area contributed by atoms with E-state index in [2.05, 4.69) is 320 Å². The topological polar surface area (TPSA) is 40.6 Å². The largest absolute Gasteiger partial charge is 0.309 e. The van der Waals surface area contributed by atoms with Crippen LogP contribution in [0.4, 0.5) is 0 Å². The van der Waals surface area contributed by atoms with Crippen LogP contribution in [0, 0.1) is 0 Å².